The van der Waals surface area contributed by atoms with E-state index in [0.717, 1.165) is 18.2 Å². The van der Waals surface area contributed by atoms with Gasteiger partial charge in [-0.05, 0) is 37.3 Å². The monoisotopic (exact) mass is 380 g/mol. The van der Waals surface area contributed by atoms with Gasteiger partial charge in [0.15, 0.2) is 5.69 Å². The summed E-state index contributed by atoms with van der Waals surface area (Å²) < 4.78 is 39.7. The van der Waals surface area contributed by atoms with E-state index in [4.69, 9.17) is 11.6 Å². The Kier molecular flexibility index (Phi) is 4.69. The van der Waals surface area contributed by atoms with Gasteiger partial charge in [-0.3, -0.25) is 9.89 Å². The molecule has 0 aliphatic carbocycles. The van der Waals surface area contributed by atoms with Crippen molar-refractivity contribution in [3.05, 3.63) is 75.2 Å². The minimum Gasteiger partial charge on any atom is -0.293 e. The lowest BCUT2D eigenvalue weighted by Gasteiger charge is -2.07. The summed E-state index contributed by atoms with van der Waals surface area (Å²) in [6.07, 6.45) is -4.53. The molecule has 0 spiro atoms. The molecule has 0 fully saturated rings. The van der Waals surface area contributed by atoms with Gasteiger partial charge in [0.2, 0.25) is 0 Å². The third-order valence-corrected chi connectivity index (χ3v) is 3.91. The molecule has 0 saturated carbocycles. The van der Waals surface area contributed by atoms with Crippen molar-refractivity contribution in [1.82, 2.24) is 9.78 Å². The van der Waals surface area contributed by atoms with Crippen LogP contribution in [0.4, 0.5) is 24.5 Å². The summed E-state index contributed by atoms with van der Waals surface area (Å²) in [6.45, 7) is 1.61. The molecule has 0 unspecified atom stereocenters. The molecule has 2 aromatic carbocycles. The van der Waals surface area contributed by atoms with Gasteiger partial charge in [-0.1, -0.05) is 29.8 Å². The second kappa shape index (κ2) is 6.80. The summed E-state index contributed by atoms with van der Waals surface area (Å²) in [5.41, 5.74) is -0.538. The van der Waals surface area contributed by atoms with Gasteiger partial charge < -0.3 is 0 Å². The lowest BCUT2D eigenvalue weighted by Crippen LogP contribution is -2.13. The van der Waals surface area contributed by atoms with Crippen LogP contribution in [0.15, 0.2) is 63.6 Å². The fourth-order valence-electron chi connectivity index (χ4n) is 2.28. The number of H-pyrrole nitrogens is 1. The highest BCUT2D eigenvalue weighted by atomic mass is 35.5. The Labute approximate surface area is 150 Å². The minimum absolute atomic E-state index is 0.00155. The highest BCUT2D eigenvalue weighted by molar-refractivity contribution is 6.32. The Morgan fingerprint density at radius 3 is 2.42 bits per heavy atom. The van der Waals surface area contributed by atoms with Crippen LogP contribution in [0.1, 0.15) is 11.3 Å². The summed E-state index contributed by atoms with van der Waals surface area (Å²) in [5.74, 6) is 0. The van der Waals surface area contributed by atoms with Gasteiger partial charge in [0.05, 0.1) is 22.0 Å². The van der Waals surface area contributed by atoms with Crippen LogP contribution in [0, 0.1) is 6.92 Å². The Balaban J connectivity index is 2.00. The predicted octanol–water partition coefficient (Wildman–Crippen LogP) is 5.56. The molecule has 0 atom stereocenters. The molecule has 0 saturated heterocycles. The molecule has 1 aromatic heterocycles. The van der Waals surface area contributed by atoms with Crippen LogP contribution < -0.4 is 5.56 Å². The number of halogens is 4. The van der Waals surface area contributed by atoms with E-state index in [-0.39, 0.29) is 16.4 Å². The van der Waals surface area contributed by atoms with Crippen molar-refractivity contribution in [2.75, 3.05) is 0 Å². The van der Waals surface area contributed by atoms with Crippen LogP contribution in [0.25, 0.3) is 5.69 Å². The molecule has 1 heterocycles. The van der Waals surface area contributed by atoms with Gasteiger partial charge in [0, 0.05) is 0 Å². The number of nitrogens with zero attached hydrogens (tertiary/aromatic N) is 3. The van der Waals surface area contributed by atoms with E-state index in [2.05, 4.69) is 15.3 Å². The van der Waals surface area contributed by atoms with Gasteiger partial charge in [-0.2, -0.15) is 13.2 Å². The van der Waals surface area contributed by atoms with Crippen LogP contribution in [0.2, 0.25) is 5.02 Å². The molecule has 1 N–H and O–H groups in total. The van der Waals surface area contributed by atoms with Crippen molar-refractivity contribution in [2.45, 2.75) is 13.1 Å². The zero-order valence-corrected chi connectivity index (χ0v) is 14.1. The predicted molar refractivity (Wildman–Crippen MR) is 91.8 cm³/mol. The molecular formula is C17H12ClF3N4O. The maximum Gasteiger partial charge on any atom is 0.416 e. The molecular weight excluding hydrogens is 369 g/mol. The van der Waals surface area contributed by atoms with Gasteiger partial charge in [-0.25, -0.2) is 4.68 Å². The fraction of sp³-hybridized carbons (Fsp3) is 0.118. The van der Waals surface area contributed by atoms with Crippen LogP contribution in [-0.4, -0.2) is 9.78 Å². The maximum atomic E-state index is 12.8. The molecule has 0 bridgehead atoms. The summed E-state index contributed by atoms with van der Waals surface area (Å²) >= 11 is 5.88. The van der Waals surface area contributed by atoms with Gasteiger partial charge in [0.25, 0.3) is 5.56 Å². The number of aromatic amines is 1. The number of hydrogen-bond acceptors (Lipinski definition) is 3. The Morgan fingerprint density at radius 2 is 1.77 bits per heavy atom. The van der Waals surface area contributed by atoms with E-state index in [0.29, 0.717) is 11.4 Å². The number of aromatic nitrogens is 2. The highest BCUT2D eigenvalue weighted by Crippen LogP contribution is 2.35. The standard InChI is InChI=1S/C17H12ClF3N4O/c1-10-15(16(26)25(24-10)12-5-3-2-4-6-12)23-22-14-9-11(17(19,20)21)7-8-13(14)18/h2-9,24H,1H3. The zero-order chi connectivity index (χ0) is 18.9. The lowest BCUT2D eigenvalue weighted by molar-refractivity contribution is -0.137. The lowest BCUT2D eigenvalue weighted by atomic mass is 10.2. The van der Waals surface area contributed by atoms with Crippen molar-refractivity contribution >= 4 is 23.0 Å². The Bertz CT molecular complexity index is 1020. The Morgan fingerprint density at radius 1 is 1.08 bits per heavy atom. The number of alkyl halides is 3. The van der Waals surface area contributed by atoms with Crippen molar-refractivity contribution in [3.8, 4) is 5.69 Å². The third-order valence-electron chi connectivity index (χ3n) is 3.59. The van der Waals surface area contributed by atoms with Crippen molar-refractivity contribution < 1.29 is 13.2 Å². The van der Waals surface area contributed by atoms with E-state index in [1.54, 1.807) is 37.3 Å². The number of aryl methyl sites for hydroxylation is 1. The van der Waals surface area contributed by atoms with Gasteiger partial charge in [-0.15, -0.1) is 10.2 Å². The minimum atomic E-state index is -4.53. The number of benzene rings is 2. The average molecular weight is 381 g/mol. The fourth-order valence-corrected chi connectivity index (χ4v) is 2.44. The quantitative estimate of drug-likeness (QED) is 0.594. The highest BCUT2D eigenvalue weighted by Gasteiger charge is 2.31. The van der Waals surface area contributed by atoms with Crippen LogP contribution in [-0.2, 0) is 6.18 Å². The summed E-state index contributed by atoms with van der Waals surface area (Å²) in [6, 6.07) is 11.5. The van der Waals surface area contributed by atoms with E-state index in [9.17, 15) is 18.0 Å². The topological polar surface area (TPSA) is 62.5 Å². The molecule has 3 rings (SSSR count). The van der Waals surface area contributed by atoms with E-state index in [1.165, 1.54) is 4.68 Å². The van der Waals surface area contributed by atoms with Gasteiger partial charge in [0.1, 0.15) is 5.69 Å². The van der Waals surface area contributed by atoms with Crippen LogP contribution in [0.3, 0.4) is 0 Å². The molecule has 26 heavy (non-hydrogen) atoms. The van der Waals surface area contributed by atoms with Crippen molar-refractivity contribution in [1.29, 1.82) is 0 Å². The molecule has 0 amide bonds. The molecule has 3 aromatic rings. The maximum absolute atomic E-state index is 12.8. The molecule has 9 heteroatoms. The molecule has 5 nitrogen and oxygen atoms in total. The summed E-state index contributed by atoms with van der Waals surface area (Å²) in [7, 11) is 0. The number of azo groups is 1. The first-order valence-corrected chi connectivity index (χ1v) is 7.80. The average Bonchev–Trinajstić information content (AvgIpc) is 2.88. The summed E-state index contributed by atoms with van der Waals surface area (Å²) in [4.78, 5) is 12.5. The van der Waals surface area contributed by atoms with Crippen LogP contribution >= 0.6 is 11.6 Å². The first-order valence-electron chi connectivity index (χ1n) is 7.43. The zero-order valence-electron chi connectivity index (χ0n) is 13.4. The number of nitrogens with one attached hydrogen (secondary N) is 1. The first-order chi connectivity index (χ1) is 12.3. The number of para-hydroxylation sites is 1. The van der Waals surface area contributed by atoms with E-state index < -0.39 is 17.3 Å². The largest absolute Gasteiger partial charge is 0.416 e. The van der Waals surface area contributed by atoms with Crippen LogP contribution in [0.5, 0.6) is 0 Å². The normalized spacial score (nSPS) is 12.0. The molecule has 134 valence electrons. The van der Waals surface area contributed by atoms with E-state index >= 15 is 0 Å². The molecule has 0 aliphatic rings. The van der Waals surface area contributed by atoms with Gasteiger partial charge >= 0.3 is 6.18 Å². The second-order valence-electron chi connectivity index (χ2n) is 5.43. The smallest absolute Gasteiger partial charge is 0.293 e. The third kappa shape index (κ3) is 3.55. The number of rotatable bonds is 3. The Hall–Kier alpha value is -2.87. The number of hydrogen-bond donors (Lipinski definition) is 1. The van der Waals surface area contributed by atoms with Crippen molar-refractivity contribution in [3.63, 3.8) is 0 Å². The van der Waals surface area contributed by atoms with E-state index in [1.807, 2.05) is 0 Å². The first kappa shape index (κ1) is 17.9. The summed E-state index contributed by atoms with van der Waals surface area (Å²) in [5, 5.41) is 10.4. The van der Waals surface area contributed by atoms with Crippen molar-refractivity contribution in [2.24, 2.45) is 10.2 Å². The second-order valence-corrected chi connectivity index (χ2v) is 5.83. The SMILES string of the molecule is Cc1[nH]n(-c2ccccc2)c(=O)c1N=Nc1cc(C(F)(F)F)ccc1Cl. The molecule has 0 aliphatic heterocycles. The molecule has 0 radical (unpaired) electrons.